The van der Waals surface area contributed by atoms with Gasteiger partial charge in [-0.15, -0.1) is 10.2 Å². The number of carbonyl (C=O) groups excluding carboxylic acids is 1. The maximum Gasteiger partial charge on any atom is 0.191 e. The summed E-state index contributed by atoms with van der Waals surface area (Å²) < 4.78 is 15.6. The predicted octanol–water partition coefficient (Wildman–Crippen LogP) is 4.25. The summed E-state index contributed by atoms with van der Waals surface area (Å²) in [4.78, 5) is 12.2. The van der Waals surface area contributed by atoms with Crippen LogP contribution in [-0.2, 0) is 7.05 Å². The summed E-state index contributed by atoms with van der Waals surface area (Å²) in [6.07, 6.45) is 0. The van der Waals surface area contributed by atoms with Gasteiger partial charge in [-0.05, 0) is 36.4 Å². The van der Waals surface area contributed by atoms with E-state index in [4.69, 9.17) is 11.6 Å². The number of halogens is 2. The van der Waals surface area contributed by atoms with E-state index in [9.17, 15) is 9.18 Å². The van der Waals surface area contributed by atoms with Crippen molar-refractivity contribution in [3.8, 4) is 11.4 Å². The van der Waals surface area contributed by atoms with Gasteiger partial charge in [-0.2, -0.15) is 0 Å². The average Bonchev–Trinajstić information content (AvgIpc) is 2.94. The molecule has 3 rings (SSSR count). The fourth-order valence-electron chi connectivity index (χ4n) is 2.17. The van der Waals surface area contributed by atoms with Crippen LogP contribution >= 0.6 is 23.4 Å². The number of nitrogens with zero attached hydrogens (tertiary/aromatic N) is 3. The Bertz CT molecular complexity index is 880. The number of thioether (sulfide) groups is 1. The molecule has 0 aliphatic heterocycles. The van der Waals surface area contributed by atoms with Crippen LogP contribution in [0.4, 0.5) is 4.39 Å². The summed E-state index contributed by atoms with van der Waals surface area (Å²) in [5.41, 5.74) is 0.965. The lowest BCUT2D eigenvalue weighted by Crippen LogP contribution is -2.04. The van der Waals surface area contributed by atoms with Crippen molar-refractivity contribution in [1.82, 2.24) is 14.8 Å². The lowest BCUT2D eigenvalue weighted by Gasteiger charge is -2.05. The molecule has 0 spiro atoms. The molecule has 1 heterocycles. The number of aromatic nitrogens is 3. The van der Waals surface area contributed by atoms with Gasteiger partial charge < -0.3 is 4.57 Å². The summed E-state index contributed by atoms with van der Waals surface area (Å²) in [5.74, 6) is 0.244. The smallest absolute Gasteiger partial charge is 0.191 e. The molecule has 0 N–H and O–H groups in total. The zero-order valence-electron chi connectivity index (χ0n) is 12.7. The molecule has 0 saturated carbocycles. The number of rotatable bonds is 5. The van der Waals surface area contributed by atoms with Gasteiger partial charge in [-0.1, -0.05) is 35.5 Å². The Morgan fingerprint density at radius 1 is 1.17 bits per heavy atom. The third-order valence-electron chi connectivity index (χ3n) is 3.45. The summed E-state index contributed by atoms with van der Waals surface area (Å²) in [6.45, 7) is 0. The van der Waals surface area contributed by atoms with Crippen molar-refractivity contribution in [2.24, 2.45) is 7.05 Å². The van der Waals surface area contributed by atoms with Crippen LogP contribution in [0.15, 0.2) is 53.7 Å². The molecule has 0 amide bonds. The summed E-state index contributed by atoms with van der Waals surface area (Å²) >= 11 is 7.08. The minimum atomic E-state index is -0.359. The number of benzene rings is 2. The second kappa shape index (κ2) is 7.15. The molecule has 0 fully saturated rings. The highest BCUT2D eigenvalue weighted by Gasteiger charge is 2.15. The Kier molecular flexibility index (Phi) is 4.97. The molecule has 0 atom stereocenters. The second-order valence-corrected chi connectivity index (χ2v) is 6.44. The third kappa shape index (κ3) is 3.49. The first-order valence-electron chi connectivity index (χ1n) is 7.12. The molecule has 3 aromatic rings. The van der Waals surface area contributed by atoms with Crippen LogP contribution in [0.5, 0.6) is 0 Å². The number of Topliss-reactive ketones (excluding diaryl/α,β-unsaturated/α-hetero) is 1. The van der Waals surface area contributed by atoms with Crippen LogP contribution in [-0.4, -0.2) is 26.3 Å². The van der Waals surface area contributed by atoms with E-state index in [-0.39, 0.29) is 17.4 Å². The zero-order valence-corrected chi connectivity index (χ0v) is 14.3. The van der Waals surface area contributed by atoms with Gasteiger partial charge in [0.05, 0.1) is 11.3 Å². The van der Waals surface area contributed by atoms with E-state index in [0.29, 0.717) is 27.1 Å². The van der Waals surface area contributed by atoms with Crippen molar-refractivity contribution in [2.75, 3.05) is 5.75 Å². The van der Waals surface area contributed by atoms with Crippen molar-refractivity contribution in [3.05, 3.63) is 64.9 Å². The maximum absolute atomic E-state index is 13.9. The highest BCUT2D eigenvalue weighted by molar-refractivity contribution is 7.99. The fraction of sp³-hybridized carbons (Fsp3) is 0.118. The van der Waals surface area contributed by atoms with Gasteiger partial charge >= 0.3 is 0 Å². The van der Waals surface area contributed by atoms with E-state index in [1.54, 1.807) is 54.1 Å². The molecule has 2 aromatic carbocycles. The Morgan fingerprint density at radius 2 is 1.88 bits per heavy atom. The summed E-state index contributed by atoms with van der Waals surface area (Å²) in [7, 11) is 1.75. The molecule has 0 aliphatic carbocycles. The molecule has 4 nitrogen and oxygen atoms in total. The van der Waals surface area contributed by atoms with Crippen LogP contribution in [0.1, 0.15) is 10.4 Å². The maximum atomic E-state index is 13.9. The van der Waals surface area contributed by atoms with Crippen molar-refractivity contribution < 1.29 is 9.18 Å². The predicted molar refractivity (Wildman–Crippen MR) is 92.9 cm³/mol. The fourth-order valence-corrected chi connectivity index (χ4v) is 3.10. The van der Waals surface area contributed by atoms with E-state index < -0.39 is 0 Å². The van der Waals surface area contributed by atoms with Crippen LogP contribution in [0, 0.1) is 5.82 Å². The lowest BCUT2D eigenvalue weighted by molar-refractivity contribution is 0.102. The number of ketones is 1. The topological polar surface area (TPSA) is 47.8 Å². The van der Waals surface area contributed by atoms with Crippen molar-refractivity contribution >= 4 is 29.1 Å². The van der Waals surface area contributed by atoms with Crippen molar-refractivity contribution in [2.45, 2.75) is 5.16 Å². The largest absolute Gasteiger partial charge is 0.305 e. The molecule has 0 unspecified atom stereocenters. The van der Waals surface area contributed by atoms with E-state index in [0.717, 1.165) is 0 Å². The van der Waals surface area contributed by atoms with Gasteiger partial charge in [-0.3, -0.25) is 4.79 Å². The van der Waals surface area contributed by atoms with Crippen LogP contribution < -0.4 is 0 Å². The number of hydrogen-bond acceptors (Lipinski definition) is 4. The van der Waals surface area contributed by atoms with E-state index in [1.807, 2.05) is 0 Å². The van der Waals surface area contributed by atoms with Gasteiger partial charge in [0, 0.05) is 17.6 Å². The van der Waals surface area contributed by atoms with E-state index >= 15 is 0 Å². The van der Waals surface area contributed by atoms with E-state index in [1.165, 1.54) is 17.8 Å². The van der Waals surface area contributed by atoms with Gasteiger partial charge in [0.2, 0.25) is 0 Å². The monoisotopic (exact) mass is 361 g/mol. The number of hydrogen-bond donors (Lipinski definition) is 0. The molecule has 7 heteroatoms. The molecular formula is C17H13ClFN3OS. The average molecular weight is 362 g/mol. The Morgan fingerprint density at radius 3 is 2.58 bits per heavy atom. The lowest BCUT2D eigenvalue weighted by atomic mass is 10.1. The molecule has 0 saturated heterocycles. The van der Waals surface area contributed by atoms with Crippen molar-refractivity contribution in [3.63, 3.8) is 0 Å². The highest BCUT2D eigenvalue weighted by atomic mass is 35.5. The third-order valence-corrected chi connectivity index (χ3v) is 4.72. The first-order valence-corrected chi connectivity index (χ1v) is 8.48. The van der Waals surface area contributed by atoms with Gasteiger partial charge in [-0.25, -0.2) is 4.39 Å². The highest BCUT2D eigenvalue weighted by Crippen LogP contribution is 2.25. The molecular weight excluding hydrogens is 349 g/mol. The first-order chi connectivity index (χ1) is 11.6. The van der Waals surface area contributed by atoms with E-state index in [2.05, 4.69) is 10.2 Å². The molecule has 122 valence electrons. The molecule has 24 heavy (non-hydrogen) atoms. The van der Waals surface area contributed by atoms with Crippen molar-refractivity contribution in [1.29, 1.82) is 0 Å². The number of carbonyl (C=O) groups is 1. The molecule has 1 aromatic heterocycles. The SMILES string of the molecule is Cn1c(SCC(=O)c2ccc(Cl)cc2)nnc1-c1ccccc1F. The van der Waals surface area contributed by atoms with Gasteiger partial charge in [0.25, 0.3) is 0 Å². The molecule has 0 radical (unpaired) electrons. The Hall–Kier alpha value is -2.18. The summed E-state index contributed by atoms with van der Waals surface area (Å²) in [6, 6.07) is 13.1. The Balaban J connectivity index is 1.74. The normalized spacial score (nSPS) is 10.8. The van der Waals surface area contributed by atoms with Gasteiger partial charge in [0.15, 0.2) is 16.8 Å². The van der Waals surface area contributed by atoms with Crippen LogP contribution in [0.25, 0.3) is 11.4 Å². The minimum Gasteiger partial charge on any atom is -0.305 e. The quantitative estimate of drug-likeness (QED) is 0.503. The standard InChI is InChI=1S/C17H13ClFN3OS/c1-22-16(13-4-2-3-5-14(13)19)20-21-17(22)24-10-15(23)11-6-8-12(18)9-7-11/h2-9H,10H2,1H3. The molecule has 0 bridgehead atoms. The molecule has 0 aliphatic rings. The zero-order chi connectivity index (χ0) is 17.1. The van der Waals surface area contributed by atoms with Crippen LogP contribution in [0.3, 0.4) is 0 Å². The first kappa shape index (κ1) is 16.7. The minimum absolute atomic E-state index is 0.0351. The Labute approximate surface area is 147 Å². The van der Waals surface area contributed by atoms with Gasteiger partial charge in [0.1, 0.15) is 5.82 Å². The van der Waals surface area contributed by atoms with Crippen LogP contribution in [0.2, 0.25) is 5.02 Å². The second-order valence-electron chi connectivity index (χ2n) is 5.06. The summed E-state index contributed by atoms with van der Waals surface area (Å²) in [5, 5.41) is 9.22.